The van der Waals surface area contributed by atoms with E-state index in [1.165, 1.54) is 11.3 Å². The first kappa shape index (κ1) is 10.4. The van der Waals surface area contributed by atoms with Gasteiger partial charge in [-0.2, -0.15) is 0 Å². The van der Waals surface area contributed by atoms with Gasteiger partial charge in [-0.3, -0.25) is 0 Å². The number of aromatic nitrogens is 1. The van der Waals surface area contributed by atoms with Crippen LogP contribution in [0.2, 0.25) is 0 Å². The molecule has 15 heavy (non-hydrogen) atoms. The predicted octanol–water partition coefficient (Wildman–Crippen LogP) is 1.36. The van der Waals surface area contributed by atoms with Crippen LogP contribution in [0.1, 0.15) is 5.01 Å². The molecule has 1 aromatic heterocycles. The first-order valence-electron chi connectivity index (χ1n) is 4.61. The number of benzene rings is 1. The summed E-state index contributed by atoms with van der Waals surface area (Å²) in [6.07, 6.45) is 0.192. The molecule has 0 fully saturated rings. The van der Waals surface area contributed by atoms with Crippen molar-refractivity contribution in [1.82, 2.24) is 4.98 Å². The van der Waals surface area contributed by atoms with Crippen LogP contribution < -0.4 is 0 Å². The van der Waals surface area contributed by atoms with Crippen LogP contribution in [0.25, 0.3) is 11.3 Å². The first-order chi connectivity index (χ1) is 7.25. The van der Waals surface area contributed by atoms with Gasteiger partial charge in [-0.15, -0.1) is 11.3 Å². The van der Waals surface area contributed by atoms with Crippen molar-refractivity contribution in [2.75, 3.05) is 0 Å². The SMILES string of the molecule is OB(O)Cc1nc(-c2ccccc2)cs1. The molecule has 0 spiro atoms. The number of hydrogen-bond donors (Lipinski definition) is 2. The summed E-state index contributed by atoms with van der Waals surface area (Å²) in [6.45, 7) is 0. The van der Waals surface area contributed by atoms with Gasteiger partial charge in [0.2, 0.25) is 0 Å². The highest BCUT2D eigenvalue weighted by Crippen LogP contribution is 2.21. The number of nitrogens with zero attached hydrogens (tertiary/aromatic N) is 1. The van der Waals surface area contributed by atoms with Crippen LogP contribution in [0.15, 0.2) is 35.7 Å². The zero-order valence-electron chi connectivity index (χ0n) is 8.00. The summed E-state index contributed by atoms with van der Waals surface area (Å²) < 4.78 is 0. The van der Waals surface area contributed by atoms with Gasteiger partial charge in [-0.25, -0.2) is 4.98 Å². The molecule has 0 bridgehead atoms. The predicted molar refractivity (Wildman–Crippen MR) is 61.4 cm³/mol. The maximum absolute atomic E-state index is 8.81. The molecule has 0 saturated heterocycles. The quantitative estimate of drug-likeness (QED) is 0.766. The van der Waals surface area contributed by atoms with Crippen LogP contribution in [0.4, 0.5) is 0 Å². The molecule has 2 aromatic rings. The molecule has 0 aliphatic carbocycles. The van der Waals surface area contributed by atoms with E-state index < -0.39 is 7.12 Å². The van der Waals surface area contributed by atoms with Gasteiger partial charge in [0.15, 0.2) is 0 Å². The number of hydrogen-bond acceptors (Lipinski definition) is 4. The molecule has 0 aliphatic rings. The second-order valence-corrected chi connectivity index (χ2v) is 4.12. The normalized spacial score (nSPS) is 10.3. The molecule has 1 aromatic carbocycles. The van der Waals surface area contributed by atoms with Gasteiger partial charge < -0.3 is 10.0 Å². The Hall–Kier alpha value is -1.17. The third kappa shape index (κ3) is 2.65. The van der Waals surface area contributed by atoms with Gasteiger partial charge in [0.05, 0.1) is 10.7 Å². The molecule has 0 amide bonds. The molecule has 0 saturated carbocycles. The Balaban J connectivity index is 2.21. The van der Waals surface area contributed by atoms with E-state index in [9.17, 15) is 0 Å². The highest BCUT2D eigenvalue weighted by atomic mass is 32.1. The molecule has 2 N–H and O–H groups in total. The Morgan fingerprint density at radius 2 is 1.93 bits per heavy atom. The fourth-order valence-corrected chi connectivity index (χ4v) is 2.14. The fourth-order valence-electron chi connectivity index (χ4n) is 1.30. The van der Waals surface area contributed by atoms with Gasteiger partial charge in [0.1, 0.15) is 0 Å². The molecule has 0 radical (unpaired) electrons. The Morgan fingerprint density at radius 1 is 1.20 bits per heavy atom. The zero-order chi connectivity index (χ0) is 10.7. The van der Waals surface area contributed by atoms with Crippen LogP contribution in [0, 0.1) is 0 Å². The Kier molecular flexibility index (Phi) is 3.15. The molecule has 2 rings (SSSR count). The monoisotopic (exact) mass is 219 g/mol. The minimum atomic E-state index is -1.32. The molecule has 5 heteroatoms. The van der Waals surface area contributed by atoms with Crippen molar-refractivity contribution in [1.29, 1.82) is 0 Å². The van der Waals surface area contributed by atoms with Gasteiger partial charge in [-0.05, 0) is 0 Å². The Bertz CT molecular complexity index is 430. The maximum atomic E-state index is 8.81. The smallest absolute Gasteiger partial charge is 0.427 e. The van der Waals surface area contributed by atoms with Gasteiger partial charge in [0.25, 0.3) is 0 Å². The maximum Gasteiger partial charge on any atom is 0.458 e. The molecular formula is C10H10BNO2S. The van der Waals surface area contributed by atoms with Crippen LogP contribution in [-0.4, -0.2) is 22.2 Å². The average molecular weight is 219 g/mol. The largest absolute Gasteiger partial charge is 0.458 e. The molecule has 76 valence electrons. The van der Waals surface area contributed by atoms with E-state index in [-0.39, 0.29) is 6.32 Å². The summed E-state index contributed by atoms with van der Waals surface area (Å²) in [5.74, 6) is 0. The van der Waals surface area contributed by atoms with Crippen LogP contribution in [0.5, 0.6) is 0 Å². The van der Waals surface area contributed by atoms with E-state index in [1.54, 1.807) is 0 Å². The van der Waals surface area contributed by atoms with E-state index in [1.807, 2.05) is 35.7 Å². The summed E-state index contributed by atoms with van der Waals surface area (Å²) in [5, 5.41) is 20.3. The highest BCUT2D eigenvalue weighted by molar-refractivity contribution is 7.10. The topological polar surface area (TPSA) is 53.4 Å². The minimum Gasteiger partial charge on any atom is -0.427 e. The highest BCUT2D eigenvalue weighted by Gasteiger charge is 2.11. The lowest BCUT2D eigenvalue weighted by Crippen LogP contribution is -2.14. The third-order valence-corrected chi connectivity index (χ3v) is 2.85. The molecule has 0 atom stereocenters. The second-order valence-electron chi connectivity index (χ2n) is 3.18. The standard InChI is InChI=1S/C10H10BNO2S/c13-11(14)6-10-12-9(7-15-10)8-4-2-1-3-5-8/h1-5,7,13-14H,6H2. The summed E-state index contributed by atoms with van der Waals surface area (Å²) in [7, 11) is -1.32. The van der Waals surface area contributed by atoms with Crippen LogP contribution in [0.3, 0.4) is 0 Å². The van der Waals surface area contributed by atoms with Crippen LogP contribution in [-0.2, 0) is 6.32 Å². The van der Waals surface area contributed by atoms with E-state index in [0.29, 0.717) is 0 Å². The molecule has 0 aliphatic heterocycles. The van der Waals surface area contributed by atoms with Crippen molar-refractivity contribution in [3.63, 3.8) is 0 Å². The van der Waals surface area contributed by atoms with E-state index >= 15 is 0 Å². The summed E-state index contributed by atoms with van der Waals surface area (Å²) in [5.41, 5.74) is 1.93. The Morgan fingerprint density at radius 3 is 2.60 bits per heavy atom. The number of thiazole rings is 1. The molecular weight excluding hydrogens is 209 g/mol. The van der Waals surface area contributed by atoms with Crippen molar-refractivity contribution in [2.24, 2.45) is 0 Å². The van der Waals surface area contributed by atoms with E-state index in [0.717, 1.165) is 16.3 Å². The van der Waals surface area contributed by atoms with Gasteiger partial charge >= 0.3 is 7.12 Å². The first-order valence-corrected chi connectivity index (χ1v) is 5.49. The summed E-state index contributed by atoms with van der Waals surface area (Å²) >= 11 is 1.44. The van der Waals surface area contributed by atoms with Gasteiger partial charge in [0, 0.05) is 17.3 Å². The molecule has 0 unspecified atom stereocenters. The molecule has 1 heterocycles. The van der Waals surface area contributed by atoms with Crippen molar-refractivity contribution in [2.45, 2.75) is 6.32 Å². The van der Waals surface area contributed by atoms with Crippen molar-refractivity contribution in [3.05, 3.63) is 40.7 Å². The van der Waals surface area contributed by atoms with E-state index in [2.05, 4.69) is 4.98 Å². The fraction of sp³-hybridized carbons (Fsp3) is 0.100. The Labute approximate surface area is 92.2 Å². The van der Waals surface area contributed by atoms with Crippen molar-refractivity contribution in [3.8, 4) is 11.3 Å². The second kappa shape index (κ2) is 4.57. The lowest BCUT2D eigenvalue weighted by Gasteiger charge is -1.95. The van der Waals surface area contributed by atoms with E-state index in [4.69, 9.17) is 10.0 Å². The van der Waals surface area contributed by atoms with Crippen molar-refractivity contribution < 1.29 is 10.0 Å². The number of rotatable bonds is 3. The van der Waals surface area contributed by atoms with Crippen molar-refractivity contribution >= 4 is 18.5 Å². The molecule has 3 nitrogen and oxygen atoms in total. The summed E-state index contributed by atoms with van der Waals surface area (Å²) in [4.78, 5) is 4.32. The minimum absolute atomic E-state index is 0.192. The summed E-state index contributed by atoms with van der Waals surface area (Å²) in [6, 6.07) is 9.82. The zero-order valence-corrected chi connectivity index (χ0v) is 8.81. The van der Waals surface area contributed by atoms with Crippen LogP contribution >= 0.6 is 11.3 Å². The average Bonchev–Trinajstić information content (AvgIpc) is 2.67. The third-order valence-electron chi connectivity index (χ3n) is 1.98. The van der Waals surface area contributed by atoms with Gasteiger partial charge in [-0.1, -0.05) is 30.3 Å². The lowest BCUT2D eigenvalue weighted by molar-refractivity contribution is 0.405. The lowest BCUT2D eigenvalue weighted by atomic mass is 9.87.